The number of ether oxygens (including phenoxy) is 2. The third kappa shape index (κ3) is 4.81. The smallest absolute Gasteiger partial charge is 0.341 e. The molecule has 3 aromatic rings. The molecule has 1 aliphatic carbocycles. The minimum Gasteiger partial charge on any atom is -0.470 e. The second-order valence-corrected chi connectivity index (χ2v) is 8.94. The van der Waals surface area contributed by atoms with Crippen molar-refractivity contribution in [3.05, 3.63) is 63.2 Å². The summed E-state index contributed by atoms with van der Waals surface area (Å²) in [5.41, 5.74) is 1.81. The van der Waals surface area contributed by atoms with Crippen molar-refractivity contribution >= 4 is 39.8 Å². The van der Waals surface area contributed by atoms with Crippen LogP contribution in [0.3, 0.4) is 0 Å². The number of nitrogens with zero attached hydrogens (tertiary/aromatic N) is 2. The molecule has 2 heterocycles. The Kier molecular flexibility index (Phi) is 7.12. The molecular formula is C23H24ClN3O4S. The Morgan fingerprint density at radius 1 is 1.22 bits per heavy atom. The number of carbonyl (C=O) groups excluding carboxylic acids is 2. The van der Waals surface area contributed by atoms with Crippen LogP contribution in [0.1, 0.15) is 57.5 Å². The van der Waals surface area contributed by atoms with Crippen LogP contribution in [-0.4, -0.2) is 28.3 Å². The molecule has 0 atom stereocenters. The Morgan fingerprint density at radius 2 is 2.03 bits per heavy atom. The first kappa shape index (κ1) is 22.4. The second kappa shape index (κ2) is 10.2. The van der Waals surface area contributed by atoms with Crippen LogP contribution >= 0.6 is 22.9 Å². The van der Waals surface area contributed by atoms with Gasteiger partial charge >= 0.3 is 5.97 Å². The van der Waals surface area contributed by atoms with E-state index in [0.717, 1.165) is 42.5 Å². The summed E-state index contributed by atoms with van der Waals surface area (Å²) in [5.74, 6) is -0.242. The molecule has 9 heteroatoms. The number of fused-ring (bicyclic) bond motifs is 1. The van der Waals surface area contributed by atoms with Gasteiger partial charge in [-0.2, -0.15) is 5.10 Å². The van der Waals surface area contributed by atoms with E-state index >= 15 is 0 Å². The van der Waals surface area contributed by atoms with Crippen LogP contribution in [0.4, 0.5) is 5.00 Å². The average molecular weight is 474 g/mol. The number of hydrogen-bond acceptors (Lipinski definition) is 6. The number of aryl methyl sites for hydroxylation is 1. The van der Waals surface area contributed by atoms with Gasteiger partial charge in [0.2, 0.25) is 0 Å². The molecule has 0 fully saturated rings. The van der Waals surface area contributed by atoms with Crippen molar-refractivity contribution in [2.45, 2.75) is 45.8 Å². The fourth-order valence-corrected chi connectivity index (χ4v) is 5.09. The molecule has 0 saturated heterocycles. The number of thiophene rings is 1. The van der Waals surface area contributed by atoms with E-state index in [1.54, 1.807) is 18.2 Å². The topological polar surface area (TPSA) is 82.5 Å². The lowest BCUT2D eigenvalue weighted by Gasteiger charge is -2.13. The largest absolute Gasteiger partial charge is 0.470 e. The summed E-state index contributed by atoms with van der Waals surface area (Å²) in [4.78, 5) is 27.0. The number of nitrogens with one attached hydrogen (secondary N) is 1. The Morgan fingerprint density at radius 3 is 2.84 bits per heavy atom. The van der Waals surface area contributed by atoms with Crippen molar-refractivity contribution in [3.8, 4) is 5.75 Å². The van der Waals surface area contributed by atoms with Gasteiger partial charge in [-0.3, -0.25) is 4.79 Å². The number of hydrogen-bond donors (Lipinski definition) is 1. The van der Waals surface area contributed by atoms with Crippen LogP contribution in [0.15, 0.2) is 36.5 Å². The average Bonchev–Trinajstić information content (AvgIpc) is 3.41. The lowest BCUT2D eigenvalue weighted by Crippen LogP contribution is -2.21. The van der Waals surface area contributed by atoms with Crippen molar-refractivity contribution in [2.75, 3.05) is 11.9 Å². The summed E-state index contributed by atoms with van der Waals surface area (Å²) in [6, 6.07) is 8.70. The molecule has 0 bridgehead atoms. The highest BCUT2D eigenvalue weighted by Crippen LogP contribution is 2.38. The molecule has 1 amide bonds. The Bertz CT molecular complexity index is 1120. The highest BCUT2D eigenvalue weighted by atomic mass is 35.5. The number of esters is 1. The summed E-state index contributed by atoms with van der Waals surface area (Å²) in [5, 5.41) is 8.11. The molecule has 0 spiro atoms. The predicted molar refractivity (Wildman–Crippen MR) is 124 cm³/mol. The van der Waals surface area contributed by atoms with Crippen LogP contribution in [0, 0.1) is 0 Å². The number of anilines is 1. The van der Waals surface area contributed by atoms with Gasteiger partial charge in [0.25, 0.3) is 5.91 Å². The van der Waals surface area contributed by atoms with Gasteiger partial charge in [-0.25, -0.2) is 9.48 Å². The summed E-state index contributed by atoms with van der Waals surface area (Å²) in [6.07, 6.45) is 6.11. The molecule has 1 aromatic carbocycles. The van der Waals surface area contributed by atoms with Gasteiger partial charge in [0.05, 0.1) is 17.2 Å². The van der Waals surface area contributed by atoms with E-state index < -0.39 is 0 Å². The van der Waals surface area contributed by atoms with Crippen LogP contribution in [-0.2, 0) is 24.3 Å². The zero-order chi connectivity index (χ0) is 22.5. The highest BCUT2D eigenvalue weighted by Gasteiger charge is 2.28. The van der Waals surface area contributed by atoms with E-state index in [0.29, 0.717) is 33.6 Å². The molecule has 1 N–H and O–H groups in total. The molecule has 0 unspecified atom stereocenters. The predicted octanol–water partition coefficient (Wildman–Crippen LogP) is 5.33. The number of halogens is 1. The first-order valence-corrected chi connectivity index (χ1v) is 11.8. The third-order valence-electron chi connectivity index (χ3n) is 5.17. The van der Waals surface area contributed by atoms with E-state index in [2.05, 4.69) is 10.4 Å². The molecule has 32 heavy (non-hydrogen) atoms. The maximum absolute atomic E-state index is 13.1. The lowest BCUT2D eigenvalue weighted by molar-refractivity contribution is 0.0505. The summed E-state index contributed by atoms with van der Waals surface area (Å²) < 4.78 is 12.6. The monoisotopic (exact) mass is 473 g/mol. The van der Waals surface area contributed by atoms with Crippen LogP contribution in [0.2, 0.25) is 5.02 Å². The van der Waals surface area contributed by atoms with Crippen LogP contribution in [0.25, 0.3) is 0 Å². The molecule has 0 aliphatic heterocycles. The molecule has 168 valence electrons. The fraction of sp³-hybridized carbons (Fsp3) is 0.348. The van der Waals surface area contributed by atoms with Gasteiger partial charge in [0.1, 0.15) is 16.4 Å². The number of rotatable bonds is 8. The summed E-state index contributed by atoms with van der Waals surface area (Å²) in [7, 11) is 0. The standard InChI is InChI=1S/C23H24ClN3O4S/c1-2-13-30-23(29)20-15-7-3-6-10-19(15)32-22(20)26-21(28)17-11-12-25-27(17)14-31-18-9-5-4-8-16(18)24/h4-5,8-9,11-12H,2-3,6-7,10,13-14H2,1H3,(H,26,28). The number of carbonyl (C=O) groups is 2. The van der Waals surface area contributed by atoms with Gasteiger partial charge in [-0.05, 0) is 55.9 Å². The van der Waals surface area contributed by atoms with Crippen molar-refractivity contribution < 1.29 is 19.1 Å². The number of amides is 1. The molecule has 7 nitrogen and oxygen atoms in total. The van der Waals surface area contributed by atoms with Crippen molar-refractivity contribution in [1.29, 1.82) is 0 Å². The quantitative estimate of drug-likeness (QED) is 0.447. The zero-order valence-corrected chi connectivity index (χ0v) is 19.3. The summed E-state index contributed by atoms with van der Waals surface area (Å²) >= 11 is 7.59. The van der Waals surface area contributed by atoms with Crippen molar-refractivity contribution in [1.82, 2.24) is 9.78 Å². The molecule has 0 saturated carbocycles. The number of benzene rings is 1. The first-order chi connectivity index (χ1) is 15.6. The van der Waals surface area contributed by atoms with Crippen molar-refractivity contribution in [2.24, 2.45) is 0 Å². The van der Waals surface area contributed by atoms with E-state index in [1.807, 2.05) is 19.1 Å². The van der Waals surface area contributed by atoms with E-state index in [-0.39, 0.29) is 18.6 Å². The Balaban J connectivity index is 1.53. The second-order valence-electron chi connectivity index (χ2n) is 7.42. The fourth-order valence-electron chi connectivity index (χ4n) is 3.62. The van der Waals surface area contributed by atoms with Gasteiger partial charge in [-0.1, -0.05) is 30.7 Å². The van der Waals surface area contributed by atoms with Gasteiger partial charge in [0, 0.05) is 11.1 Å². The lowest BCUT2D eigenvalue weighted by atomic mass is 9.95. The minimum atomic E-state index is -0.378. The van der Waals surface area contributed by atoms with Crippen LogP contribution < -0.4 is 10.1 Å². The molecule has 2 aromatic heterocycles. The molecule has 0 radical (unpaired) electrons. The van der Waals surface area contributed by atoms with Crippen molar-refractivity contribution in [3.63, 3.8) is 0 Å². The van der Waals surface area contributed by atoms with E-state index in [9.17, 15) is 9.59 Å². The Labute approximate surface area is 195 Å². The highest BCUT2D eigenvalue weighted by molar-refractivity contribution is 7.17. The summed E-state index contributed by atoms with van der Waals surface area (Å²) in [6.45, 7) is 2.32. The maximum Gasteiger partial charge on any atom is 0.341 e. The third-order valence-corrected chi connectivity index (χ3v) is 6.69. The van der Waals surface area contributed by atoms with Crippen LogP contribution in [0.5, 0.6) is 5.75 Å². The first-order valence-electron chi connectivity index (χ1n) is 10.6. The normalized spacial score (nSPS) is 12.8. The number of aromatic nitrogens is 2. The number of para-hydroxylation sites is 1. The van der Waals surface area contributed by atoms with E-state index in [4.69, 9.17) is 21.1 Å². The zero-order valence-electron chi connectivity index (χ0n) is 17.7. The Hall–Kier alpha value is -2.84. The van der Waals surface area contributed by atoms with Gasteiger partial charge in [-0.15, -0.1) is 11.3 Å². The molecule has 4 rings (SSSR count). The van der Waals surface area contributed by atoms with E-state index in [1.165, 1.54) is 22.2 Å². The molecular weight excluding hydrogens is 450 g/mol. The van der Waals surface area contributed by atoms with Gasteiger partial charge in [0.15, 0.2) is 6.73 Å². The van der Waals surface area contributed by atoms with Gasteiger partial charge < -0.3 is 14.8 Å². The maximum atomic E-state index is 13.1. The minimum absolute atomic E-state index is 0.0197. The molecule has 1 aliphatic rings. The SMILES string of the molecule is CCCOC(=O)c1c(NC(=O)c2ccnn2COc2ccccc2Cl)sc2c1CCCC2.